The molecule has 0 amide bonds. The fourth-order valence-corrected chi connectivity index (χ4v) is 3.25. The summed E-state index contributed by atoms with van der Waals surface area (Å²) in [5.41, 5.74) is 3.95. The van der Waals surface area contributed by atoms with Crippen molar-refractivity contribution in [3.8, 4) is 0 Å². The molecule has 19 heavy (non-hydrogen) atoms. The SMILES string of the molecule is CSCC(C)(O)CNC(C)c1c(C)cc(C)nc1C. The third kappa shape index (κ3) is 4.79. The van der Waals surface area contributed by atoms with Gasteiger partial charge >= 0.3 is 0 Å². The lowest BCUT2D eigenvalue weighted by molar-refractivity contribution is 0.0820. The van der Waals surface area contributed by atoms with Gasteiger partial charge in [0, 0.05) is 29.7 Å². The van der Waals surface area contributed by atoms with Crippen molar-refractivity contribution in [3.63, 3.8) is 0 Å². The van der Waals surface area contributed by atoms with E-state index in [-0.39, 0.29) is 6.04 Å². The van der Waals surface area contributed by atoms with E-state index in [1.165, 1.54) is 11.1 Å². The molecule has 0 spiro atoms. The molecule has 2 unspecified atom stereocenters. The van der Waals surface area contributed by atoms with Crippen LogP contribution in [-0.2, 0) is 0 Å². The number of aromatic nitrogens is 1. The molecule has 0 bridgehead atoms. The Balaban J connectivity index is 2.76. The zero-order chi connectivity index (χ0) is 14.6. The molecule has 3 nitrogen and oxygen atoms in total. The molecule has 0 fully saturated rings. The molecular formula is C15H26N2OS. The molecule has 0 aromatic carbocycles. The van der Waals surface area contributed by atoms with Gasteiger partial charge in [0.25, 0.3) is 0 Å². The number of aryl methyl sites for hydroxylation is 3. The van der Waals surface area contributed by atoms with Crippen LogP contribution in [0.2, 0.25) is 0 Å². The second-order valence-corrected chi connectivity index (χ2v) is 6.48. The van der Waals surface area contributed by atoms with Gasteiger partial charge in [-0.05, 0) is 58.1 Å². The first kappa shape index (κ1) is 16.5. The first-order valence-electron chi connectivity index (χ1n) is 6.66. The Kier molecular flexibility index (Phi) is 5.83. The van der Waals surface area contributed by atoms with Gasteiger partial charge in [-0.15, -0.1) is 0 Å². The molecule has 108 valence electrons. The van der Waals surface area contributed by atoms with E-state index in [0.29, 0.717) is 6.54 Å². The minimum Gasteiger partial charge on any atom is -0.388 e. The summed E-state index contributed by atoms with van der Waals surface area (Å²) in [6.07, 6.45) is 2.01. The van der Waals surface area contributed by atoms with Crippen molar-refractivity contribution in [1.82, 2.24) is 10.3 Å². The second-order valence-electron chi connectivity index (χ2n) is 5.61. The van der Waals surface area contributed by atoms with Gasteiger partial charge in [0.15, 0.2) is 0 Å². The molecule has 2 N–H and O–H groups in total. The highest BCUT2D eigenvalue weighted by atomic mass is 32.2. The summed E-state index contributed by atoms with van der Waals surface area (Å²) in [5.74, 6) is 0.733. The van der Waals surface area contributed by atoms with Gasteiger partial charge in [-0.1, -0.05) is 0 Å². The van der Waals surface area contributed by atoms with E-state index in [4.69, 9.17) is 0 Å². The normalized spacial score (nSPS) is 16.2. The van der Waals surface area contributed by atoms with E-state index in [1.807, 2.05) is 27.0 Å². The van der Waals surface area contributed by atoms with E-state index in [1.54, 1.807) is 11.8 Å². The van der Waals surface area contributed by atoms with E-state index in [9.17, 15) is 5.11 Å². The minimum atomic E-state index is -0.673. The van der Waals surface area contributed by atoms with Crippen LogP contribution < -0.4 is 5.32 Å². The Hall–Kier alpha value is -0.580. The van der Waals surface area contributed by atoms with Crippen molar-refractivity contribution in [2.75, 3.05) is 18.6 Å². The summed E-state index contributed by atoms with van der Waals surface area (Å²) >= 11 is 1.66. The average Bonchev–Trinajstić information content (AvgIpc) is 2.25. The van der Waals surface area contributed by atoms with Gasteiger partial charge in [0.2, 0.25) is 0 Å². The number of nitrogens with zero attached hydrogens (tertiary/aromatic N) is 1. The molecular weight excluding hydrogens is 256 g/mol. The molecule has 1 aromatic heterocycles. The zero-order valence-electron chi connectivity index (χ0n) is 12.9. The summed E-state index contributed by atoms with van der Waals surface area (Å²) in [4.78, 5) is 4.53. The molecule has 1 heterocycles. The van der Waals surface area contributed by atoms with Crippen molar-refractivity contribution in [1.29, 1.82) is 0 Å². The van der Waals surface area contributed by atoms with Crippen molar-refractivity contribution in [3.05, 3.63) is 28.6 Å². The smallest absolute Gasteiger partial charge is 0.0833 e. The number of pyridine rings is 1. The maximum atomic E-state index is 10.2. The van der Waals surface area contributed by atoms with Crippen molar-refractivity contribution >= 4 is 11.8 Å². The van der Waals surface area contributed by atoms with Crippen LogP contribution in [0.3, 0.4) is 0 Å². The zero-order valence-corrected chi connectivity index (χ0v) is 13.7. The number of rotatable bonds is 6. The van der Waals surface area contributed by atoms with Gasteiger partial charge in [0.1, 0.15) is 0 Å². The quantitative estimate of drug-likeness (QED) is 0.842. The number of aliphatic hydroxyl groups is 1. The molecule has 0 saturated heterocycles. The van der Waals surface area contributed by atoms with Crippen LogP contribution in [0.4, 0.5) is 0 Å². The Morgan fingerprint density at radius 2 is 2.05 bits per heavy atom. The maximum absolute atomic E-state index is 10.2. The van der Waals surface area contributed by atoms with Crippen LogP contribution in [0, 0.1) is 20.8 Å². The molecule has 0 aliphatic rings. The Morgan fingerprint density at radius 1 is 1.42 bits per heavy atom. The Bertz CT molecular complexity index is 409. The van der Waals surface area contributed by atoms with Crippen molar-refractivity contribution < 1.29 is 5.11 Å². The van der Waals surface area contributed by atoms with Crippen molar-refractivity contribution in [2.45, 2.75) is 46.3 Å². The largest absolute Gasteiger partial charge is 0.388 e. The van der Waals surface area contributed by atoms with E-state index in [0.717, 1.165) is 17.1 Å². The number of hydrogen-bond acceptors (Lipinski definition) is 4. The molecule has 1 rings (SSSR count). The first-order valence-corrected chi connectivity index (χ1v) is 8.05. The molecule has 4 heteroatoms. The van der Waals surface area contributed by atoms with Crippen LogP contribution in [-0.4, -0.2) is 34.2 Å². The Morgan fingerprint density at radius 3 is 2.58 bits per heavy atom. The highest BCUT2D eigenvalue weighted by Crippen LogP contribution is 2.22. The molecule has 0 saturated carbocycles. The van der Waals surface area contributed by atoms with E-state index < -0.39 is 5.60 Å². The summed E-state index contributed by atoms with van der Waals surface area (Å²) < 4.78 is 0. The first-order chi connectivity index (χ1) is 8.76. The predicted octanol–water partition coefficient (Wildman–Crippen LogP) is 2.77. The van der Waals surface area contributed by atoms with Crippen LogP contribution in [0.15, 0.2) is 6.07 Å². The number of hydrogen-bond donors (Lipinski definition) is 2. The lowest BCUT2D eigenvalue weighted by Crippen LogP contribution is -2.41. The van der Waals surface area contributed by atoms with Crippen LogP contribution >= 0.6 is 11.8 Å². The minimum absolute atomic E-state index is 0.196. The van der Waals surface area contributed by atoms with Crippen LogP contribution in [0.25, 0.3) is 0 Å². The molecule has 1 aromatic rings. The Labute approximate surface area is 121 Å². The monoisotopic (exact) mass is 282 g/mol. The fourth-order valence-electron chi connectivity index (χ4n) is 2.53. The summed E-state index contributed by atoms with van der Waals surface area (Å²) in [7, 11) is 0. The van der Waals surface area contributed by atoms with Crippen LogP contribution in [0.5, 0.6) is 0 Å². The third-order valence-corrected chi connectivity index (χ3v) is 4.17. The third-order valence-electron chi connectivity index (χ3n) is 3.26. The maximum Gasteiger partial charge on any atom is 0.0833 e. The van der Waals surface area contributed by atoms with Crippen molar-refractivity contribution in [2.24, 2.45) is 0 Å². The summed E-state index contributed by atoms with van der Waals surface area (Å²) in [6, 6.07) is 2.31. The standard InChI is InChI=1S/C15H26N2OS/c1-10-7-11(2)17-13(4)14(10)12(3)16-8-15(5,18)9-19-6/h7,12,16,18H,8-9H2,1-6H3. The number of nitrogens with one attached hydrogen (secondary N) is 1. The predicted molar refractivity (Wildman–Crippen MR) is 83.9 cm³/mol. The summed E-state index contributed by atoms with van der Waals surface area (Å²) in [6.45, 7) is 10.8. The van der Waals surface area contributed by atoms with Gasteiger partial charge in [0.05, 0.1) is 5.60 Å². The lowest BCUT2D eigenvalue weighted by atomic mass is 9.99. The second kappa shape index (κ2) is 6.73. The van der Waals surface area contributed by atoms with E-state index >= 15 is 0 Å². The van der Waals surface area contributed by atoms with Gasteiger partial charge < -0.3 is 10.4 Å². The van der Waals surface area contributed by atoms with Gasteiger partial charge in [-0.2, -0.15) is 11.8 Å². The van der Waals surface area contributed by atoms with Crippen LogP contribution in [0.1, 0.15) is 42.4 Å². The number of thioether (sulfide) groups is 1. The topological polar surface area (TPSA) is 45.1 Å². The molecule has 0 radical (unpaired) electrons. The highest BCUT2D eigenvalue weighted by molar-refractivity contribution is 7.98. The van der Waals surface area contributed by atoms with E-state index in [2.05, 4.69) is 30.2 Å². The molecule has 0 aliphatic carbocycles. The van der Waals surface area contributed by atoms with Gasteiger partial charge in [-0.3, -0.25) is 4.98 Å². The molecule has 2 atom stereocenters. The molecule has 0 aliphatic heterocycles. The van der Waals surface area contributed by atoms with Gasteiger partial charge in [-0.25, -0.2) is 0 Å². The lowest BCUT2D eigenvalue weighted by Gasteiger charge is -2.26. The summed E-state index contributed by atoms with van der Waals surface area (Å²) in [5, 5.41) is 13.6. The highest BCUT2D eigenvalue weighted by Gasteiger charge is 2.21. The fraction of sp³-hybridized carbons (Fsp3) is 0.667. The average molecular weight is 282 g/mol.